The zero-order chi connectivity index (χ0) is 22.0. The highest BCUT2D eigenvalue weighted by Crippen LogP contribution is 2.31. The van der Waals surface area contributed by atoms with Crippen LogP contribution in [0.1, 0.15) is 31.2 Å². The number of piperazine rings is 1. The van der Waals surface area contributed by atoms with E-state index in [1.165, 1.54) is 44.3 Å². The van der Waals surface area contributed by atoms with Crippen molar-refractivity contribution in [2.24, 2.45) is 5.92 Å². The topological polar surface area (TPSA) is 57.9 Å². The summed E-state index contributed by atoms with van der Waals surface area (Å²) in [6.45, 7) is 8.35. The smallest absolute Gasteiger partial charge is 0.213 e. The first-order valence-corrected chi connectivity index (χ1v) is 12.5. The third kappa shape index (κ3) is 4.57. The number of ether oxygens (including phenoxy) is 1. The van der Waals surface area contributed by atoms with Crippen molar-refractivity contribution in [3.63, 3.8) is 0 Å². The fourth-order valence-electron chi connectivity index (χ4n) is 5.68. The Hall–Kier alpha value is -2.64. The number of likely N-dealkylation sites (tertiary alicyclic amines) is 1. The molecule has 0 N–H and O–H groups in total. The van der Waals surface area contributed by atoms with Crippen LogP contribution >= 0.6 is 0 Å². The standard InChI is InChI=1S/C26H33N5O2/c1-2-6-24-23(5-1)26(28-33-24)31-14-13-30-17-21(7-9-22(30)18-31)19-32-25-10-8-20(15-27-25)16-29-11-3-4-12-29/h1-2,5-6,8,10,15,21-22H,3-4,7,9,11-14,16-19H2/t21-,22-/m0/s1. The van der Waals surface area contributed by atoms with Gasteiger partial charge >= 0.3 is 0 Å². The number of para-hydroxylation sites is 1. The van der Waals surface area contributed by atoms with E-state index in [4.69, 9.17) is 9.26 Å². The van der Waals surface area contributed by atoms with E-state index in [0.29, 0.717) is 12.0 Å². The lowest BCUT2D eigenvalue weighted by molar-refractivity contribution is 0.0716. The average molecular weight is 448 g/mol. The van der Waals surface area contributed by atoms with Gasteiger partial charge in [-0.05, 0) is 56.5 Å². The Morgan fingerprint density at radius 3 is 2.76 bits per heavy atom. The molecule has 0 radical (unpaired) electrons. The van der Waals surface area contributed by atoms with E-state index in [1.807, 2.05) is 24.4 Å². The van der Waals surface area contributed by atoms with Crippen LogP contribution in [0.2, 0.25) is 0 Å². The lowest BCUT2D eigenvalue weighted by atomic mass is 9.91. The second-order valence-electron chi connectivity index (χ2n) is 9.84. The average Bonchev–Trinajstić information content (AvgIpc) is 3.53. The largest absolute Gasteiger partial charge is 0.477 e. The Labute approximate surface area is 195 Å². The number of nitrogens with zero attached hydrogens (tertiary/aromatic N) is 5. The van der Waals surface area contributed by atoms with Crippen LogP contribution in [-0.2, 0) is 6.54 Å². The van der Waals surface area contributed by atoms with E-state index in [0.717, 1.165) is 62.0 Å². The molecule has 6 rings (SSSR count). The predicted octanol–water partition coefficient (Wildman–Crippen LogP) is 3.80. The first-order chi connectivity index (χ1) is 16.3. The summed E-state index contributed by atoms with van der Waals surface area (Å²) in [5, 5.41) is 5.49. The maximum atomic E-state index is 6.09. The minimum atomic E-state index is 0.562. The van der Waals surface area contributed by atoms with Gasteiger partial charge in [-0.2, -0.15) is 0 Å². The normalized spacial score (nSPS) is 24.3. The zero-order valence-corrected chi connectivity index (χ0v) is 19.2. The Bertz CT molecular complexity index is 1060. The van der Waals surface area contributed by atoms with Gasteiger partial charge in [0, 0.05) is 56.9 Å². The minimum absolute atomic E-state index is 0.562. The van der Waals surface area contributed by atoms with Crippen LogP contribution in [0.25, 0.3) is 11.0 Å². The van der Waals surface area contributed by atoms with Gasteiger partial charge in [-0.15, -0.1) is 0 Å². The Kier molecular flexibility index (Phi) is 5.91. The molecule has 0 unspecified atom stereocenters. The fraction of sp³-hybridized carbons (Fsp3) is 0.538. The van der Waals surface area contributed by atoms with Crippen molar-refractivity contribution in [1.29, 1.82) is 0 Å². The summed E-state index contributed by atoms with van der Waals surface area (Å²) in [5.74, 6) is 2.31. The molecular formula is C26H33N5O2. The fourth-order valence-corrected chi connectivity index (χ4v) is 5.68. The zero-order valence-electron chi connectivity index (χ0n) is 19.2. The molecule has 3 fully saturated rings. The summed E-state index contributed by atoms with van der Waals surface area (Å²) in [6.07, 6.45) is 7.02. The monoisotopic (exact) mass is 447 g/mol. The summed E-state index contributed by atoms with van der Waals surface area (Å²) < 4.78 is 11.6. The summed E-state index contributed by atoms with van der Waals surface area (Å²) in [5.41, 5.74) is 2.15. The van der Waals surface area contributed by atoms with Crippen LogP contribution in [-0.4, -0.2) is 71.9 Å². The molecule has 2 atom stereocenters. The predicted molar refractivity (Wildman–Crippen MR) is 129 cm³/mol. The van der Waals surface area contributed by atoms with Crippen LogP contribution in [0, 0.1) is 5.92 Å². The van der Waals surface area contributed by atoms with E-state index in [-0.39, 0.29) is 0 Å². The van der Waals surface area contributed by atoms with E-state index in [2.05, 4.69) is 43.0 Å². The van der Waals surface area contributed by atoms with Crippen LogP contribution < -0.4 is 9.64 Å². The van der Waals surface area contributed by atoms with Crippen molar-refractivity contribution >= 4 is 16.8 Å². The number of aromatic nitrogens is 2. The summed E-state index contributed by atoms with van der Waals surface area (Å²) in [6, 6.07) is 12.9. The third-order valence-electron chi connectivity index (χ3n) is 7.53. The van der Waals surface area contributed by atoms with E-state index in [9.17, 15) is 0 Å². The third-order valence-corrected chi connectivity index (χ3v) is 7.53. The van der Waals surface area contributed by atoms with Gasteiger partial charge in [0.15, 0.2) is 11.4 Å². The SMILES string of the molecule is c1ccc2c(N3CCN4C[C@@H](COc5ccc(CN6CCCC6)cn5)CC[C@H]4C3)noc2c1. The number of piperidine rings is 1. The molecule has 3 saturated heterocycles. The van der Waals surface area contributed by atoms with E-state index >= 15 is 0 Å². The van der Waals surface area contributed by atoms with E-state index in [1.54, 1.807) is 0 Å². The number of hydrogen-bond acceptors (Lipinski definition) is 7. The number of fused-ring (bicyclic) bond motifs is 2. The molecule has 2 aromatic heterocycles. The summed E-state index contributed by atoms with van der Waals surface area (Å²) in [7, 11) is 0. The number of anilines is 1. The lowest BCUT2D eigenvalue weighted by Gasteiger charge is -2.46. The number of pyridine rings is 1. The first kappa shape index (κ1) is 20.9. The van der Waals surface area contributed by atoms with Gasteiger partial charge in [-0.1, -0.05) is 23.4 Å². The molecule has 33 heavy (non-hydrogen) atoms. The van der Waals surface area contributed by atoms with Crippen molar-refractivity contribution in [3.8, 4) is 5.88 Å². The Morgan fingerprint density at radius 2 is 1.88 bits per heavy atom. The van der Waals surface area contributed by atoms with Crippen molar-refractivity contribution in [1.82, 2.24) is 19.9 Å². The van der Waals surface area contributed by atoms with Crippen LogP contribution in [0.5, 0.6) is 5.88 Å². The second kappa shape index (κ2) is 9.31. The highest BCUT2D eigenvalue weighted by molar-refractivity contribution is 5.88. The van der Waals surface area contributed by atoms with Gasteiger partial charge in [-0.25, -0.2) is 4.98 Å². The summed E-state index contributed by atoms with van der Waals surface area (Å²) in [4.78, 5) is 12.1. The van der Waals surface area contributed by atoms with Gasteiger partial charge in [0.2, 0.25) is 5.88 Å². The number of hydrogen-bond donors (Lipinski definition) is 0. The molecule has 7 heteroatoms. The molecule has 0 amide bonds. The molecular weight excluding hydrogens is 414 g/mol. The molecule has 174 valence electrons. The highest BCUT2D eigenvalue weighted by Gasteiger charge is 2.34. The molecule has 3 aliphatic rings. The lowest BCUT2D eigenvalue weighted by Crippen LogP contribution is -2.57. The molecule has 0 bridgehead atoms. The molecule has 0 spiro atoms. The number of benzene rings is 1. The molecule has 3 aliphatic heterocycles. The second-order valence-corrected chi connectivity index (χ2v) is 9.84. The van der Waals surface area contributed by atoms with Crippen molar-refractivity contribution in [3.05, 3.63) is 48.2 Å². The van der Waals surface area contributed by atoms with Crippen LogP contribution in [0.15, 0.2) is 47.1 Å². The highest BCUT2D eigenvalue weighted by atomic mass is 16.5. The maximum absolute atomic E-state index is 6.09. The van der Waals surface area contributed by atoms with E-state index < -0.39 is 0 Å². The number of rotatable bonds is 6. The quantitative estimate of drug-likeness (QED) is 0.570. The molecule has 0 aliphatic carbocycles. The van der Waals surface area contributed by atoms with Gasteiger partial charge in [0.25, 0.3) is 0 Å². The molecule has 1 aromatic carbocycles. The maximum Gasteiger partial charge on any atom is 0.213 e. The van der Waals surface area contributed by atoms with Crippen LogP contribution in [0.4, 0.5) is 5.82 Å². The first-order valence-electron chi connectivity index (χ1n) is 12.5. The molecule has 5 heterocycles. The van der Waals surface area contributed by atoms with Crippen LogP contribution in [0.3, 0.4) is 0 Å². The molecule has 3 aromatic rings. The van der Waals surface area contributed by atoms with Crippen molar-refractivity contribution in [2.45, 2.75) is 38.3 Å². The minimum Gasteiger partial charge on any atom is -0.477 e. The van der Waals surface area contributed by atoms with Gasteiger partial charge in [0.1, 0.15) is 0 Å². The van der Waals surface area contributed by atoms with Gasteiger partial charge < -0.3 is 14.2 Å². The van der Waals surface area contributed by atoms with Gasteiger partial charge in [0.05, 0.1) is 12.0 Å². The Balaban J connectivity index is 0.998. The summed E-state index contributed by atoms with van der Waals surface area (Å²) >= 11 is 0. The Morgan fingerprint density at radius 1 is 0.970 bits per heavy atom. The van der Waals surface area contributed by atoms with Crippen molar-refractivity contribution in [2.75, 3.05) is 50.8 Å². The van der Waals surface area contributed by atoms with Crippen molar-refractivity contribution < 1.29 is 9.26 Å². The molecule has 7 nitrogen and oxygen atoms in total. The molecule has 0 saturated carbocycles. The van der Waals surface area contributed by atoms with Gasteiger partial charge in [-0.3, -0.25) is 9.80 Å².